The molecule has 0 bridgehead atoms. The van der Waals surface area contributed by atoms with Gasteiger partial charge in [0.25, 0.3) is 0 Å². The van der Waals surface area contributed by atoms with E-state index in [1.165, 1.54) is 15.6 Å². The highest BCUT2D eigenvalue weighted by atomic mass is 79.9. The quantitative estimate of drug-likeness (QED) is 0.767. The van der Waals surface area contributed by atoms with E-state index in [0.717, 1.165) is 11.3 Å². The van der Waals surface area contributed by atoms with E-state index in [9.17, 15) is 8.42 Å². The second kappa shape index (κ2) is 6.81. The van der Waals surface area contributed by atoms with Crippen molar-refractivity contribution in [3.8, 4) is 0 Å². The van der Waals surface area contributed by atoms with Crippen molar-refractivity contribution in [3.63, 3.8) is 0 Å². The standard InChI is InChI=1S/C11H17BrN2O2S2/c1-3-5-14(6-4-2)18(15,16)10-7-9(8-13)17-11(10)12/h3,7H,1,4-6,8,13H2,2H3. The second-order valence-electron chi connectivity index (χ2n) is 3.71. The van der Waals surface area contributed by atoms with Gasteiger partial charge >= 0.3 is 0 Å². The minimum atomic E-state index is -3.48. The molecule has 0 atom stereocenters. The number of halogens is 1. The van der Waals surface area contributed by atoms with Gasteiger partial charge in [-0.05, 0) is 28.4 Å². The van der Waals surface area contributed by atoms with E-state index in [1.807, 2.05) is 6.92 Å². The van der Waals surface area contributed by atoms with Crippen LogP contribution in [0, 0.1) is 0 Å². The van der Waals surface area contributed by atoms with E-state index >= 15 is 0 Å². The van der Waals surface area contributed by atoms with Crippen LogP contribution in [0.5, 0.6) is 0 Å². The molecule has 0 fully saturated rings. The van der Waals surface area contributed by atoms with Gasteiger partial charge in [0, 0.05) is 24.5 Å². The lowest BCUT2D eigenvalue weighted by Crippen LogP contribution is -2.31. The first kappa shape index (κ1) is 15.8. The Morgan fingerprint density at radius 1 is 1.61 bits per heavy atom. The summed E-state index contributed by atoms with van der Waals surface area (Å²) in [6.07, 6.45) is 2.36. The Kier molecular flexibility index (Phi) is 6.00. The highest BCUT2D eigenvalue weighted by molar-refractivity contribution is 9.11. The maximum absolute atomic E-state index is 12.5. The highest BCUT2D eigenvalue weighted by Gasteiger charge is 2.26. The Bertz CT molecular complexity index is 511. The number of hydrogen-bond donors (Lipinski definition) is 1. The van der Waals surface area contributed by atoms with Crippen molar-refractivity contribution < 1.29 is 8.42 Å². The minimum absolute atomic E-state index is 0.295. The van der Waals surface area contributed by atoms with Gasteiger partial charge in [-0.15, -0.1) is 17.9 Å². The lowest BCUT2D eigenvalue weighted by molar-refractivity contribution is 0.441. The molecule has 0 unspecified atom stereocenters. The van der Waals surface area contributed by atoms with Crippen LogP contribution < -0.4 is 5.73 Å². The van der Waals surface area contributed by atoms with Gasteiger partial charge in [0.1, 0.15) is 4.90 Å². The summed E-state index contributed by atoms with van der Waals surface area (Å²) in [5.41, 5.74) is 5.53. The average molecular weight is 353 g/mol. The van der Waals surface area contributed by atoms with Crippen LogP contribution >= 0.6 is 27.3 Å². The molecule has 0 aliphatic carbocycles. The molecule has 7 heteroatoms. The fraction of sp³-hybridized carbons (Fsp3) is 0.455. The molecular weight excluding hydrogens is 336 g/mol. The van der Waals surface area contributed by atoms with Crippen molar-refractivity contribution in [2.24, 2.45) is 5.73 Å². The number of rotatable bonds is 7. The van der Waals surface area contributed by atoms with Gasteiger partial charge in [0.05, 0.1) is 3.79 Å². The third kappa shape index (κ3) is 3.42. The fourth-order valence-corrected chi connectivity index (χ4v) is 5.53. The Labute approximate surface area is 121 Å². The molecular formula is C11H17BrN2O2S2. The molecule has 0 aliphatic rings. The van der Waals surface area contributed by atoms with E-state index in [0.29, 0.717) is 28.3 Å². The first-order valence-corrected chi connectivity index (χ1v) is 8.61. The van der Waals surface area contributed by atoms with Crippen LogP contribution in [-0.4, -0.2) is 25.8 Å². The van der Waals surface area contributed by atoms with Crippen LogP contribution in [0.15, 0.2) is 27.4 Å². The maximum Gasteiger partial charge on any atom is 0.245 e. The number of nitrogens with two attached hydrogens (primary N) is 1. The normalized spacial score (nSPS) is 12.0. The molecule has 0 saturated heterocycles. The summed E-state index contributed by atoms with van der Waals surface area (Å²) in [5.74, 6) is 0. The van der Waals surface area contributed by atoms with Crippen molar-refractivity contribution in [2.75, 3.05) is 13.1 Å². The molecule has 0 amide bonds. The fourth-order valence-electron chi connectivity index (χ4n) is 1.52. The summed E-state index contributed by atoms with van der Waals surface area (Å²) in [5, 5.41) is 0. The summed E-state index contributed by atoms with van der Waals surface area (Å²) < 4.78 is 27.0. The summed E-state index contributed by atoms with van der Waals surface area (Å²) in [6.45, 7) is 6.68. The van der Waals surface area contributed by atoms with Crippen LogP contribution in [0.4, 0.5) is 0 Å². The SMILES string of the molecule is C=CCN(CCC)S(=O)(=O)c1cc(CN)sc1Br. The van der Waals surface area contributed by atoms with E-state index in [1.54, 1.807) is 12.1 Å². The smallest absolute Gasteiger partial charge is 0.245 e. The zero-order valence-electron chi connectivity index (χ0n) is 10.2. The summed E-state index contributed by atoms with van der Waals surface area (Å²) in [7, 11) is -3.48. The third-order valence-electron chi connectivity index (χ3n) is 2.33. The number of hydrogen-bond acceptors (Lipinski definition) is 4. The summed E-state index contributed by atoms with van der Waals surface area (Å²) >= 11 is 4.65. The van der Waals surface area contributed by atoms with Gasteiger partial charge in [0.15, 0.2) is 0 Å². The molecule has 0 aliphatic heterocycles. The first-order valence-electron chi connectivity index (χ1n) is 5.56. The lowest BCUT2D eigenvalue weighted by atomic mass is 10.5. The van der Waals surface area contributed by atoms with Gasteiger partial charge in [0.2, 0.25) is 10.0 Å². The van der Waals surface area contributed by atoms with Crippen molar-refractivity contribution >= 4 is 37.3 Å². The summed E-state index contributed by atoms with van der Waals surface area (Å²) in [6, 6.07) is 1.63. The molecule has 1 heterocycles. The summed E-state index contributed by atoms with van der Waals surface area (Å²) in [4.78, 5) is 1.14. The molecule has 1 aromatic heterocycles. The van der Waals surface area contributed by atoms with Crippen LogP contribution in [0.25, 0.3) is 0 Å². The minimum Gasteiger partial charge on any atom is -0.326 e. The van der Waals surface area contributed by atoms with E-state index in [-0.39, 0.29) is 0 Å². The second-order valence-corrected chi connectivity index (χ2v) is 8.07. The van der Waals surface area contributed by atoms with Crippen LogP contribution in [0.2, 0.25) is 0 Å². The van der Waals surface area contributed by atoms with Gasteiger partial charge in [-0.3, -0.25) is 0 Å². The maximum atomic E-state index is 12.5. The lowest BCUT2D eigenvalue weighted by Gasteiger charge is -2.19. The Hall–Kier alpha value is -0.210. The molecule has 1 rings (SSSR count). The predicted molar refractivity (Wildman–Crippen MR) is 79.2 cm³/mol. The number of nitrogens with zero attached hydrogens (tertiary/aromatic N) is 1. The van der Waals surface area contributed by atoms with Gasteiger partial charge < -0.3 is 5.73 Å². The predicted octanol–water partition coefficient (Wildman–Crippen LogP) is 2.56. The zero-order chi connectivity index (χ0) is 13.8. The van der Waals surface area contributed by atoms with Gasteiger partial charge in [-0.2, -0.15) is 4.31 Å². The van der Waals surface area contributed by atoms with E-state index in [2.05, 4.69) is 22.5 Å². The van der Waals surface area contributed by atoms with Crippen molar-refractivity contribution in [1.29, 1.82) is 0 Å². The van der Waals surface area contributed by atoms with Crippen molar-refractivity contribution in [3.05, 3.63) is 27.4 Å². The molecule has 102 valence electrons. The van der Waals surface area contributed by atoms with Crippen molar-refractivity contribution in [1.82, 2.24) is 4.31 Å². The first-order chi connectivity index (χ1) is 8.47. The van der Waals surface area contributed by atoms with Crippen LogP contribution in [0.3, 0.4) is 0 Å². The molecule has 0 aromatic carbocycles. The Morgan fingerprint density at radius 3 is 2.72 bits per heavy atom. The largest absolute Gasteiger partial charge is 0.326 e. The molecule has 0 saturated carbocycles. The van der Waals surface area contributed by atoms with Gasteiger partial charge in [-0.25, -0.2) is 8.42 Å². The number of thiophene rings is 1. The molecule has 0 radical (unpaired) electrons. The monoisotopic (exact) mass is 352 g/mol. The third-order valence-corrected chi connectivity index (χ3v) is 6.47. The van der Waals surface area contributed by atoms with Crippen LogP contribution in [0.1, 0.15) is 18.2 Å². The molecule has 0 spiro atoms. The zero-order valence-corrected chi connectivity index (χ0v) is 13.4. The topological polar surface area (TPSA) is 63.4 Å². The molecule has 2 N–H and O–H groups in total. The van der Waals surface area contributed by atoms with E-state index in [4.69, 9.17) is 5.73 Å². The van der Waals surface area contributed by atoms with Crippen molar-refractivity contribution in [2.45, 2.75) is 24.8 Å². The Morgan fingerprint density at radius 2 is 2.28 bits per heavy atom. The molecule has 18 heavy (non-hydrogen) atoms. The van der Waals surface area contributed by atoms with E-state index < -0.39 is 10.0 Å². The molecule has 1 aromatic rings. The Balaban J connectivity index is 3.16. The van der Waals surface area contributed by atoms with Gasteiger partial charge in [-0.1, -0.05) is 13.0 Å². The molecule has 4 nitrogen and oxygen atoms in total. The highest BCUT2D eigenvalue weighted by Crippen LogP contribution is 2.33. The number of sulfonamides is 1. The van der Waals surface area contributed by atoms with Crippen LogP contribution in [-0.2, 0) is 16.6 Å². The average Bonchev–Trinajstić information content (AvgIpc) is 2.71.